The van der Waals surface area contributed by atoms with Crippen molar-refractivity contribution >= 4 is 11.9 Å². The lowest BCUT2D eigenvalue weighted by atomic mass is 9.90. The molecule has 0 saturated carbocycles. The second-order valence-electron chi connectivity index (χ2n) is 7.76. The maximum absolute atomic E-state index is 12.3. The van der Waals surface area contributed by atoms with Gasteiger partial charge >= 0.3 is 5.97 Å². The summed E-state index contributed by atoms with van der Waals surface area (Å²) in [6.07, 6.45) is 10.4. The van der Waals surface area contributed by atoms with Gasteiger partial charge < -0.3 is 15.1 Å². The minimum Gasteiger partial charge on any atom is -0.478 e. The predicted molar refractivity (Wildman–Crippen MR) is 110 cm³/mol. The number of carboxylic acids is 1. The summed E-state index contributed by atoms with van der Waals surface area (Å²) in [5, 5.41) is 19.7. The normalized spacial score (nSPS) is 19.3. The Morgan fingerprint density at radius 1 is 1.29 bits per heavy atom. The number of carbonyl (C=O) groups is 2. The number of carboxylic acid groups (broad SMARTS) is 1. The van der Waals surface area contributed by atoms with Crippen molar-refractivity contribution in [2.24, 2.45) is 0 Å². The van der Waals surface area contributed by atoms with Gasteiger partial charge in [-0.05, 0) is 49.8 Å². The van der Waals surface area contributed by atoms with Crippen LogP contribution >= 0.6 is 0 Å². The van der Waals surface area contributed by atoms with Crippen molar-refractivity contribution in [3.05, 3.63) is 47.5 Å². The van der Waals surface area contributed by atoms with Gasteiger partial charge in [-0.3, -0.25) is 4.79 Å². The van der Waals surface area contributed by atoms with Gasteiger partial charge in [0, 0.05) is 13.0 Å². The van der Waals surface area contributed by atoms with E-state index in [0.29, 0.717) is 25.8 Å². The van der Waals surface area contributed by atoms with Gasteiger partial charge in [0.15, 0.2) is 0 Å². The van der Waals surface area contributed by atoms with Crippen molar-refractivity contribution < 1.29 is 19.8 Å². The second kappa shape index (κ2) is 10.4. The van der Waals surface area contributed by atoms with Crippen molar-refractivity contribution in [1.82, 2.24) is 4.90 Å². The molecule has 1 amide bonds. The fourth-order valence-corrected chi connectivity index (χ4v) is 3.68. The molecule has 0 aromatic heterocycles. The molecule has 1 saturated heterocycles. The molecule has 28 heavy (non-hydrogen) atoms. The first-order chi connectivity index (χ1) is 13.4. The number of carbonyl (C=O) groups excluding carboxylic acids is 1. The minimum atomic E-state index is -0.933. The minimum absolute atomic E-state index is 0.0816. The molecular formula is C23H33NO4. The average Bonchev–Trinajstić information content (AvgIpc) is 3.04. The number of likely N-dealkylation sites (tertiary alicyclic amines) is 1. The Morgan fingerprint density at radius 2 is 2.00 bits per heavy atom. The van der Waals surface area contributed by atoms with Crippen molar-refractivity contribution in [3.63, 3.8) is 0 Å². The van der Waals surface area contributed by atoms with Crippen LogP contribution in [0.25, 0.3) is 0 Å². The lowest BCUT2D eigenvalue weighted by Gasteiger charge is -2.26. The van der Waals surface area contributed by atoms with Crippen LogP contribution in [0.2, 0.25) is 0 Å². The molecule has 1 heterocycles. The zero-order valence-electron chi connectivity index (χ0n) is 17.1. The third-order valence-corrected chi connectivity index (χ3v) is 5.73. The number of aliphatic hydroxyl groups is 1. The lowest BCUT2D eigenvalue weighted by Crippen LogP contribution is -2.34. The van der Waals surface area contributed by atoms with Crippen LogP contribution in [0.3, 0.4) is 0 Å². The summed E-state index contributed by atoms with van der Waals surface area (Å²) in [5.74, 6) is -0.772. The fraction of sp³-hybridized carbons (Fsp3) is 0.565. The fourth-order valence-electron chi connectivity index (χ4n) is 3.68. The number of nitrogens with zero attached hydrogens (tertiary/aromatic N) is 1. The smallest absolute Gasteiger partial charge is 0.335 e. The number of aromatic carboxylic acids is 1. The number of benzene rings is 1. The third kappa shape index (κ3) is 6.20. The molecule has 154 valence electrons. The Hall–Kier alpha value is -2.14. The van der Waals surface area contributed by atoms with Crippen LogP contribution in [0.5, 0.6) is 0 Å². The number of hydrogen-bond donors (Lipinski definition) is 2. The van der Waals surface area contributed by atoms with Crippen LogP contribution < -0.4 is 0 Å². The van der Waals surface area contributed by atoms with Gasteiger partial charge in [0.05, 0.1) is 17.2 Å². The third-order valence-electron chi connectivity index (χ3n) is 5.73. The zero-order valence-corrected chi connectivity index (χ0v) is 17.1. The average molecular weight is 388 g/mol. The maximum atomic E-state index is 12.3. The van der Waals surface area contributed by atoms with Gasteiger partial charge in [0.2, 0.25) is 5.91 Å². The molecule has 0 aliphatic carbocycles. The number of amides is 1. The van der Waals surface area contributed by atoms with Gasteiger partial charge in [0.25, 0.3) is 0 Å². The van der Waals surface area contributed by atoms with Crippen LogP contribution in [-0.4, -0.2) is 45.2 Å². The summed E-state index contributed by atoms with van der Waals surface area (Å²) in [5.41, 5.74) is 0.645. The van der Waals surface area contributed by atoms with E-state index in [9.17, 15) is 14.7 Å². The highest BCUT2D eigenvalue weighted by Crippen LogP contribution is 2.25. The summed E-state index contributed by atoms with van der Waals surface area (Å²) < 4.78 is 0. The molecule has 1 fully saturated rings. The Balaban J connectivity index is 1.92. The summed E-state index contributed by atoms with van der Waals surface area (Å²) in [6.45, 7) is 4.77. The van der Waals surface area contributed by atoms with E-state index in [2.05, 4.69) is 13.0 Å². The summed E-state index contributed by atoms with van der Waals surface area (Å²) >= 11 is 0. The Labute approximate surface area is 168 Å². The van der Waals surface area contributed by atoms with E-state index in [4.69, 9.17) is 5.11 Å². The van der Waals surface area contributed by atoms with E-state index in [0.717, 1.165) is 37.7 Å². The molecule has 1 aromatic rings. The Kier molecular flexibility index (Phi) is 8.24. The van der Waals surface area contributed by atoms with Crippen LogP contribution in [0.4, 0.5) is 0 Å². The van der Waals surface area contributed by atoms with Crippen LogP contribution in [-0.2, 0) is 11.2 Å². The van der Waals surface area contributed by atoms with E-state index in [1.165, 1.54) is 0 Å². The number of hydrogen-bond acceptors (Lipinski definition) is 3. The Bertz CT molecular complexity index is 682. The van der Waals surface area contributed by atoms with E-state index in [-0.39, 0.29) is 17.5 Å². The molecule has 5 heteroatoms. The molecule has 0 bridgehead atoms. The first-order valence-electron chi connectivity index (χ1n) is 10.4. The van der Waals surface area contributed by atoms with Gasteiger partial charge in [-0.15, -0.1) is 0 Å². The first-order valence-corrected chi connectivity index (χ1v) is 10.4. The topological polar surface area (TPSA) is 77.8 Å². The summed E-state index contributed by atoms with van der Waals surface area (Å²) in [4.78, 5) is 25.1. The lowest BCUT2D eigenvalue weighted by molar-refractivity contribution is -0.128. The van der Waals surface area contributed by atoms with Gasteiger partial charge in [0.1, 0.15) is 0 Å². The molecule has 1 aliphatic rings. The van der Waals surface area contributed by atoms with Crippen LogP contribution in [0, 0.1) is 0 Å². The number of unbranched alkanes of at least 4 members (excludes halogenated alkanes) is 1. The zero-order chi connectivity index (χ0) is 20.6. The SMILES string of the molecule is CCCCC(O)(CC)CC=CC1CCC(=O)N1CCc1ccc(C(=O)O)cc1. The standard InChI is InChI=1S/C23H33NO4/c1-3-5-15-23(28,4-2)16-6-7-20-12-13-21(25)24(20)17-14-18-8-10-19(11-9-18)22(26)27/h6-11,20,28H,3-5,12-17H2,1-2H3,(H,26,27). The van der Waals surface area contributed by atoms with Gasteiger partial charge in [-0.1, -0.05) is 51.0 Å². The van der Waals surface area contributed by atoms with Crippen molar-refractivity contribution in [2.75, 3.05) is 6.54 Å². The van der Waals surface area contributed by atoms with E-state index in [1.54, 1.807) is 12.1 Å². The molecule has 2 rings (SSSR count). The van der Waals surface area contributed by atoms with E-state index in [1.807, 2.05) is 30.0 Å². The van der Waals surface area contributed by atoms with Gasteiger partial charge in [-0.2, -0.15) is 0 Å². The largest absolute Gasteiger partial charge is 0.478 e. The maximum Gasteiger partial charge on any atom is 0.335 e. The Morgan fingerprint density at radius 3 is 2.61 bits per heavy atom. The molecule has 2 unspecified atom stereocenters. The quantitative estimate of drug-likeness (QED) is 0.558. The van der Waals surface area contributed by atoms with Crippen molar-refractivity contribution in [1.29, 1.82) is 0 Å². The molecule has 1 aliphatic heterocycles. The monoisotopic (exact) mass is 387 g/mol. The van der Waals surface area contributed by atoms with Crippen molar-refractivity contribution in [2.45, 2.75) is 76.9 Å². The molecule has 2 atom stereocenters. The van der Waals surface area contributed by atoms with Gasteiger partial charge in [-0.25, -0.2) is 4.79 Å². The molecule has 1 aromatic carbocycles. The van der Waals surface area contributed by atoms with Crippen LogP contribution in [0.1, 0.15) is 74.7 Å². The summed E-state index contributed by atoms with van der Waals surface area (Å²) in [7, 11) is 0. The highest BCUT2D eigenvalue weighted by molar-refractivity contribution is 5.87. The van der Waals surface area contributed by atoms with Crippen LogP contribution in [0.15, 0.2) is 36.4 Å². The first kappa shape index (κ1) is 22.2. The molecular weight excluding hydrogens is 354 g/mol. The highest BCUT2D eigenvalue weighted by atomic mass is 16.4. The van der Waals surface area contributed by atoms with E-state index >= 15 is 0 Å². The molecule has 2 N–H and O–H groups in total. The second-order valence-corrected chi connectivity index (χ2v) is 7.76. The number of rotatable bonds is 11. The molecule has 0 spiro atoms. The van der Waals surface area contributed by atoms with E-state index < -0.39 is 11.6 Å². The predicted octanol–water partition coefficient (Wildman–Crippen LogP) is 4.20. The summed E-state index contributed by atoms with van der Waals surface area (Å²) in [6, 6.07) is 6.90. The van der Waals surface area contributed by atoms with Crippen molar-refractivity contribution in [3.8, 4) is 0 Å². The molecule has 5 nitrogen and oxygen atoms in total. The molecule has 0 radical (unpaired) electrons. The highest BCUT2D eigenvalue weighted by Gasteiger charge is 2.29.